The topological polar surface area (TPSA) is 67.1 Å². The van der Waals surface area contributed by atoms with Crippen LogP contribution in [0.4, 0.5) is 5.69 Å². The molecule has 0 aliphatic heterocycles. The van der Waals surface area contributed by atoms with E-state index in [0.29, 0.717) is 17.2 Å². The van der Waals surface area contributed by atoms with Crippen molar-refractivity contribution in [3.8, 4) is 11.8 Å². The van der Waals surface area contributed by atoms with E-state index in [2.05, 4.69) is 29.9 Å². The first-order valence-corrected chi connectivity index (χ1v) is 8.57. The second-order valence-electron chi connectivity index (χ2n) is 6.58. The summed E-state index contributed by atoms with van der Waals surface area (Å²) in [6, 6.07) is 16.8. The van der Waals surface area contributed by atoms with Crippen molar-refractivity contribution in [1.29, 1.82) is 5.26 Å². The number of nitrogens with zero attached hydrogens (tertiary/aromatic N) is 2. The first-order valence-electron chi connectivity index (χ1n) is 8.57. The lowest BCUT2D eigenvalue weighted by molar-refractivity contribution is -0.118. The molecule has 2 aromatic carbocycles. The Hall–Kier alpha value is -3.26. The molecule has 0 atom stereocenters. The second kappa shape index (κ2) is 7.75. The molecule has 0 radical (unpaired) electrons. The van der Waals surface area contributed by atoms with Crippen LogP contribution in [-0.2, 0) is 11.3 Å². The van der Waals surface area contributed by atoms with Crippen LogP contribution in [0.2, 0.25) is 0 Å². The Labute approximate surface area is 152 Å². The Morgan fingerprint density at radius 2 is 2.04 bits per heavy atom. The van der Waals surface area contributed by atoms with Crippen LogP contribution in [0.15, 0.2) is 54.7 Å². The molecule has 0 aliphatic carbocycles. The summed E-state index contributed by atoms with van der Waals surface area (Å²) < 4.78 is 7.67. The fourth-order valence-corrected chi connectivity index (χ4v) is 2.86. The van der Waals surface area contributed by atoms with Gasteiger partial charge in [-0.15, -0.1) is 0 Å². The Balaban J connectivity index is 1.65. The lowest BCUT2D eigenvalue weighted by atomic mass is 10.2. The van der Waals surface area contributed by atoms with Gasteiger partial charge in [0.15, 0.2) is 6.61 Å². The van der Waals surface area contributed by atoms with Crippen molar-refractivity contribution in [2.75, 3.05) is 11.9 Å². The van der Waals surface area contributed by atoms with Crippen molar-refractivity contribution in [3.05, 3.63) is 60.3 Å². The van der Waals surface area contributed by atoms with Gasteiger partial charge in [-0.05, 0) is 42.3 Å². The summed E-state index contributed by atoms with van der Waals surface area (Å²) in [5.74, 6) is 0.712. The maximum Gasteiger partial charge on any atom is 0.262 e. The van der Waals surface area contributed by atoms with E-state index >= 15 is 0 Å². The van der Waals surface area contributed by atoms with Gasteiger partial charge >= 0.3 is 0 Å². The Morgan fingerprint density at radius 3 is 2.81 bits per heavy atom. The number of benzene rings is 2. The van der Waals surface area contributed by atoms with Gasteiger partial charge in [0.2, 0.25) is 0 Å². The number of amides is 1. The number of fused-ring (bicyclic) bond motifs is 1. The maximum atomic E-state index is 12.1. The van der Waals surface area contributed by atoms with Crippen molar-refractivity contribution in [1.82, 2.24) is 4.57 Å². The predicted octanol–water partition coefficient (Wildman–Crippen LogP) is 4.19. The quantitative estimate of drug-likeness (QED) is 0.727. The van der Waals surface area contributed by atoms with E-state index in [1.165, 1.54) is 0 Å². The molecule has 0 bridgehead atoms. The van der Waals surface area contributed by atoms with E-state index in [-0.39, 0.29) is 12.5 Å². The van der Waals surface area contributed by atoms with Crippen LogP contribution >= 0.6 is 0 Å². The van der Waals surface area contributed by atoms with E-state index in [1.54, 1.807) is 24.3 Å². The van der Waals surface area contributed by atoms with Crippen molar-refractivity contribution in [3.63, 3.8) is 0 Å². The van der Waals surface area contributed by atoms with E-state index in [9.17, 15) is 4.79 Å². The Morgan fingerprint density at radius 1 is 1.23 bits per heavy atom. The summed E-state index contributed by atoms with van der Waals surface area (Å²) in [7, 11) is 0. The number of para-hydroxylation sites is 1. The average Bonchev–Trinajstić information content (AvgIpc) is 3.01. The lowest BCUT2D eigenvalue weighted by Gasteiger charge is -2.10. The number of nitriles is 1. The van der Waals surface area contributed by atoms with E-state index in [0.717, 1.165) is 23.1 Å². The van der Waals surface area contributed by atoms with Gasteiger partial charge < -0.3 is 14.6 Å². The third-order valence-corrected chi connectivity index (χ3v) is 3.98. The van der Waals surface area contributed by atoms with Gasteiger partial charge in [0.25, 0.3) is 5.91 Å². The zero-order valence-corrected chi connectivity index (χ0v) is 14.9. The monoisotopic (exact) mass is 347 g/mol. The summed E-state index contributed by atoms with van der Waals surface area (Å²) in [5, 5.41) is 13.0. The molecule has 1 heterocycles. The molecule has 3 aromatic rings. The van der Waals surface area contributed by atoms with Crippen LogP contribution in [0, 0.1) is 17.2 Å². The first-order chi connectivity index (χ1) is 12.6. The molecule has 26 heavy (non-hydrogen) atoms. The zero-order valence-electron chi connectivity index (χ0n) is 14.9. The highest BCUT2D eigenvalue weighted by Gasteiger charge is 2.08. The van der Waals surface area contributed by atoms with E-state index in [1.807, 2.05) is 30.3 Å². The summed E-state index contributed by atoms with van der Waals surface area (Å²) in [6.45, 7) is 5.18. The number of carbonyl (C=O) groups is 1. The molecule has 1 N–H and O–H groups in total. The highest BCUT2D eigenvalue weighted by molar-refractivity contribution is 5.94. The third-order valence-electron chi connectivity index (χ3n) is 3.98. The molecular weight excluding hydrogens is 326 g/mol. The number of rotatable bonds is 6. The van der Waals surface area contributed by atoms with Crippen molar-refractivity contribution in [2.24, 2.45) is 5.92 Å². The van der Waals surface area contributed by atoms with Gasteiger partial charge in [0.05, 0.1) is 5.56 Å². The van der Waals surface area contributed by atoms with Crippen molar-refractivity contribution >= 4 is 22.5 Å². The second-order valence-corrected chi connectivity index (χ2v) is 6.58. The van der Waals surface area contributed by atoms with Gasteiger partial charge in [-0.2, -0.15) is 5.26 Å². The zero-order chi connectivity index (χ0) is 18.5. The smallest absolute Gasteiger partial charge is 0.262 e. The summed E-state index contributed by atoms with van der Waals surface area (Å²) in [5.41, 5.74) is 2.28. The van der Waals surface area contributed by atoms with Gasteiger partial charge in [-0.3, -0.25) is 4.79 Å². The molecule has 132 valence electrons. The maximum absolute atomic E-state index is 12.1. The fourth-order valence-electron chi connectivity index (χ4n) is 2.86. The Kier molecular flexibility index (Phi) is 5.23. The number of hydrogen-bond acceptors (Lipinski definition) is 3. The lowest BCUT2D eigenvalue weighted by Crippen LogP contribution is -2.20. The minimum Gasteiger partial charge on any atom is -0.482 e. The molecule has 0 spiro atoms. The molecule has 0 aliphatic rings. The Bertz CT molecular complexity index is 967. The van der Waals surface area contributed by atoms with Crippen LogP contribution in [0.3, 0.4) is 0 Å². The molecule has 0 saturated heterocycles. The minimum atomic E-state index is -0.265. The van der Waals surface area contributed by atoms with Gasteiger partial charge in [-0.1, -0.05) is 26.0 Å². The number of nitrogens with one attached hydrogen (secondary N) is 1. The molecule has 5 heteroatoms. The van der Waals surface area contributed by atoms with Crippen LogP contribution in [0.5, 0.6) is 5.75 Å². The standard InChI is InChI=1S/C21H21N3O2/c1-15(2)13-24-10-9-16-11-18(7-8-19(16)24)23-21(25)14-26-20-6-4-3-5-17(20)12-22/h3-11,15H,13-14H2,1-2H3,(H,23,25). The molecule has 0 saturated carbocycles. The van der Waals surface area contributed by atoms with Gasteiger partial charge in [0.1, 0.15) is 11.8 Å². The van der Waals surface area contributed by atoms with Crippen LogP contribution in [0.1, 0.15) is 19.4 Å². The summed E-state index contributed by atoms with van der Waals surface area (Å²) in [4.78, 5) is 12.1. The largest absolute Gasteiger partial charge is 0.482 e. The highest BCUT2D eigenvalue weighted by Crippen LogP contribution is 2.22. The summed E-state index contributed by atoms with van der Waals surface area (Å²) in [6.07, 6.45) is 2.07. The van der Waals surface area contributed by atoms with Crippen LogP contribution in [-0.4, -0.2) is 17.1 Å². The average molecular weight is 347 g/mol. The molecule has 1 amide bonds. The number of hydrogen-bond donors (Lipinski definition) is 1. The minimum absolute atomic E-state index is 0.148. The molecule has 3 rings (SSSR count). The predicted molar refractivity (Wildman–Crippen MR) is 102 cm³/mol. The van der Waals surface area contributed by atoms with E-state index < -0.39 is 0 Å². The van der Waals surface area contributed by atoms with E-state index in [4.69, 9.17) is 10.00 Å². The molecule has 0 fully saturated rings. The SMILES string of the molecule is CC(C)Cn1ccc2cc(NC(=O)COc3ccccc3C#N)ccc21. The number of carbonyl (C=O) groups excluding carboxylic acids is 1. The van der Waals surface area contributed by atoms with Crippen molar-refractivity contribution < 1.29 is 9.53 Å². The summed E-state index contributed by atoms with van der Waals surface area (Å²) >= 11 is 0. The van der Waals surface area contributed by atoms with Gasteiger partial charge in [-0.25, -0.2) is 0 Å². The van der Waals surface area contributed by atoms with Gasteiger partial charge in [0, 0.05) is 29.3 Å². The third kappa shape index (κ3) is 4.04. The number of anilines is 1. The number of ether oxygens (including phenoxy) is 1. The molecule has 1 aromatic heterocycles. The van der Waals surface area contributed by atoms with Crippen molar-refractivity contribution in [2.45, 2.75) is 20.4 Å². The van der Waals surface area contributed by atoms with Crippen LogP contribution in [0.25, 0.3) is 10.9 Å². The fraction of sp³-hybridized carbons (Fsp3) is 0.238. The highest BCUT2D eigenvalue weighted by atomic mass is 16.5. The normalized spacial score (nSPS) is 10.7. The molecule has 0 unspecified atom stereocenters. The number of aromatic nitrogens is 1. The van der Waals surface area contributed by atoms with Crippen LogP contribution < -0.4 is 10.1 Å². The molecular formula is C21H21N3O2. The first kappa shape index (κ1) is 17.6. The molecule has 5 nitrogen and oxygen atoms in total.